The van der Waals surface area contributed by atoms with Crippen LogP contribution in [0.5, 0.6) is 0 Å². The quantitative estimate of drug-likeness (QED) is 0.224. The summed E-state index contributed by atoms with van der Waals surface area (Å²) in [5.41, 5.74) is 7.75. The highest BCUT2D eigenvalue weighted by Gasteiger charge is 2.22. The monoisotopic (exact) mass is 527 g/mol. The maximum Gasteiger partial charge on any atom is 0.160 e. The summed E-state index contributed by atoms with van der Waals surface area (Å²) in [6.45, 7) is 0. The van der Waals surface area contributed by atoms with Gasteiger partial charge < -0.3 is 4.57 Å². The minimum absolute atomic E-state index is 0.751. The molecule has 0 radical (unpaired) electrons. The van der Waals surface area contributed by atoms with E-state index < -0.39 is 0 Å². The molecule has 0 bridgehead atoms. The molecule has 2 aromatic heterocycles. The number of hydrogen-bond acceptors (Lipinski definition) is 3. The third kappa shape index (κ3) is 3.08. The summed E-state index contributed by atoms with van der Waals surface area (Å²) in [4.78, 5) is 12.6. The molecule has 0 N–H and O–H groups in total. The van der Waals surface area contributed by atoms with Crippen molar-refractivity contribution in [2.45, 2.75) is 9.79 Å². The lowest BCUT2D eigenvalue weighted by Gasteiger charge is -2.19. The van der Waals surface area contributed by atoms with Gasteiger partial charge in [-0.2, -0.15) is 0 Å². The molecule has 0 spiro atoms. The summed E-state index contributed by atoms with van der Waals surface area (Å²) >= 11 is 1.80. The molecule has 0 saturated carbocycles. The first-order chi connectivity index (χ1) is 19.8. The van der Waals surface area contributed by atoms with Crippen LogP contribution in [0.4, 0.5) is 0 Å². The minimum atomic E-state index is 0.751. The maximum atomic E-state index is 5.15. The van der Waals surface area contributed by atoms with Crippen molar-refractivity contribution in [3.63, 3.8) is 0 Å². The molecule has 0 aliphatic carbocycles. The molecule has 8 aromatic rings. The lowest BCUT2D eigenvalue weighted by atomic mass is 10.0. The van der Waals surface area contributed by atoms with Crippen molar-refractivity contribution in [3.05, 3.63) is 127 Å². The van der Waals surface area contributed by atoms with Crippen LogP contribution in [-0.2, 0) is 0 Å². The predicted molar refractivity (Wildman–Crippen MR) is 166 cm³/mol. The number of para-hydroxylation sites is 1. The molecule has 0 amide bonds. The Labute approximate surface area is 234 Å². The molecule has 0 saturated heterocycles. The zero-order valence-corrected chi connectivity index (χ0v) is 22.2. The van der Waals surface area contributed by atoms with Crippen LogP contribution in [0.25, 0.3) is 71.8 Å². The fourth-order valence-electron chi connectivity index (χ4n) is 6.19. The summed E-state index contributed by atoms with van der Waals surface area (Å²) < 4.78 is 2.39. The van der Waals surface area contributed by atoms with Gasteiger partial charge in [-0.15, -0.1) is 0 Å². The van der Waals surface area contributed by atoms with Crippen molar-refractivity contribution in [3.8, 4) is 28.3 Å². The van der Waals surface area contributed by atoms with Crippen molar-refractivity contribution in [2.75, 3.05) is 0 Å². The Bertz CT molecular complexity index is 2300. The lowest BCUT2D eigenvalue weighted by Crippen LogP contribution is -2.00. The number of aromatic nitrogens is 3. The molecule has 9 rings (SSSR count). The van der Waals surface area contributed by atoms with E-state index in [-0.39, 0.29) is 0 Å². The van der Waals surface area contributed by atoms with Crippen LogP contribution in [0.2, 0.25) is 0 Å². The minimum Gasteiger partial charge on any atom is -0.309 e. The predicted octanol–water partition coefficient (Wildman–Crippen LogP) is 9.68. The van der Waals surface area contributed by atoms with E-state index in [0.717, 1.165) is 33.7 Å². The largest absolute Gasteiger partial charge is 0.309 e. The van der Waals surface area contributed by atoms with E-state index in [4.69, 9.17) is 9.97 Å². The number of rotatable bonds is 2. The van der Waals surface area contributed by atoms with Crippen molar-refractivity contribution >= 4 is 55.2 Å². The van der Waals surface area contributed by atoms with Crippen molar-refractivity contribution < 1.29 is 0 Å². The van der Waals surface area contributed by atoms with Gasteiger partial charge in [-0.05, 0) is 53.9 Å². The molecule has 186 valence electrons. The second kappa shape index (κ2) is 8.28. The van der Waals surface area contributed by atoms with Crippen LogP contribution in [0.3, 0.4) is 0 Å². The van der Waals surface area contributed by atoms with Crippen LogP contribution in [0.15, 0.2) is 137 Å². The SMILES string of the molecule is c1ccc2c(c1)Sc1cccc3nc(-c4ccc(-n5c6ccccc6c6ccc7ccccc7c65)cc4)nc-2c13. The molecule has 0 fully saturated rings. The highest BCUT2D eigenvalue weighted by atomic mass is 32.2. The number of hydrogen-bond donors (Lipinski definition) is 0. The number of nitrogens with zero attached hydrogens (tertiary/aromatic N) is 3. The van der Waals surface area contributed by atoms with E-state index >= 15 is 0 Å². The molecular formula is C36H21N3S. The third-order valence-electron chi connectivity index (χ3n) is 7.99. The highest BCUT2D eigenvalue weighted by Crippen LogP contribution is 2.47. The zero-order chi connectivity index (χ0) is 26.2. The molecule has 40 heavy (non-hydrogen) atoms. The first-order valence-electron chi connectivity index (χ1n) is 13.4. The van der Waals surface area contributed by atoms with E-state index in [9.17, 15) is 0 Å². The van der Waals surface area contributed by atoms with Crippen LogP contribution in [0.1, 0.15) is 0 Å². The topological polar surface area (TPSA) is 30.7 Å². The zero-order valence-electron chi connectivity index (χ0n) is 21.4. The smallest absolute Gasteiger partial charge is 0.160 e. The van der Waals surface area contributed by atoms with Gasteiger partial charge in [0, 0.05) is 48.2 Å². The van der Waals surface area contributed by atoms with Gasteiger partial charge in [0.1, 0.15) is 0 Å². The van der Waals surface area contributed by atoms with Crippen molar-refractivity contribution in [1.29, 1.82) is 0 Å². The molecular weight excluding hydrogens is 506 g/mol. The third-order valence-corrected chi connectivity index (χ3v) is 9.13. The normalized spacial score (nSPS) is 12.4. The Morgan fingerprint density at radius 3 is 2.25 bits per heavy atom. The fourth-order valence-corrected chi connectivity index (χ4v) is 7.30. The summed E-state index contributed by atoms with van der Waals surface area (Å²) in [5, 5.41) is 6.17. The Hall–Kier alpha value is -4.93. The molecule has 4 heteroatoms. The molecule has 0 atom stereocenters. The lowest BCUT2D eigenvalue weighted by molar-refractivity contribution is 1.17. The average Bonchev–Trinajstić information content (AvgIpc) is 3.36. The van der Waals surface area contributed by atoms with E-state index in [1.165, 1.54) is 47.9 Å². The van der Waals surface area contributed by atoms with Gasteiger partial charge in [0.25, 0.3) is 0 Å². The summed E-state index contributed by atoms with van der Waals surface area (Å²) in [5.74, 6) is 0.751. The highest BCUT2D eigenvalue weighted by molar-refractivity contribution is 7.99. The fraction of sp³-hybridized carbons (Fsp3) is 0. The summed E-state index contributed by atoms with van der Waals surface area (Å²) in [6, 6.07) is 45.4. The van der Waals surface area contributed by atoms with E-state index in [2.05, 4.69) is 132 Å². The first kappa shape index (κ1) is 21.9. The van der Waals surface area contributed by atoms with E-state index in [1.807, 2.05) is 0 Å². The van der Waals surface area contributed by atoms with Crippen LogP contribution in [0, 0.1) is 0 Å². The van der Waals surface area contributed by atoms with E-state index in [0.29, 0.717) is 0 Å². The van der Waals surface area contributed by atoms with E-state index in [1.54, 1.807) is 11.8 Å². The second-order valence-corrected chi connectivity index (χ2v) is 11.3. The number of benzene rings is 6. The van der Waals surface area contributed by atoms with Gasteiger partial charge in [0.05, 0.1) is 22.2 Å². The standard InChI is InChI=1S/C36H21N3S/c1-2-9-25-22(8-1)18-21-27-26-10-3-5-13-30(26)39(35(25)27)24-19-16-23(17-20-24)36-37-29-12-7-15-32-33(29)34(38-36)28-11-4-6-14-31(28)40-32/h1-21H. The Morgan fingerprint density at radius 1 is 0.550 bits per heavy atom. The molecule has 1 aliphatic rings. The maximum absolute atomic E-state index is 5.15. The average molecular weight is 528 g/mol. The van der Waals surface area contributed by atoms with Gasteiger partial charge in [0.2, 0.25) is 0 Å². The van der Waals surface area contributed by atoms with Gasteiger partial charge in [-0.3, -0.25) is 0 Å². The molecule has 3 nitrogen and oxygen atoms in total. The van der Waals surface area contributed by atoms with Gasteiger partial charge in [-0.1, -0.05) is 90.6 Å². The summed E-state index contributed by atoms with van der Waals surface area (Å²) in [7, 11) is 0. The Morgan fingerprint density at radius 2 is 1.32 bits per heavy atom. The Kier molecular flexibility index (Phi) is 4.54. The molecule has 1 aliphatic heterocycles. The molecule has 0 unspecified atom stereocenters. The molecule has 3 heterocycles. The van der Waals surface area contributed by atoms with Crippen molar-refractivity contribution in [1.82, 2.24) is 14.5 Å². The van der Waals surface area contributed by atoms with Gasteiger partial charge in [-0.25, -0.2) is 9.97 Å². The molecule has 6 aromatic carbocycles. The van der Waals surface area contributed by atoms with Gasteiger partial charge >= 0.3 is 0 Å². The summed E-state index contributed by atoms with van der Waals surface area (Å²) in [6.07, 6.45) is 0. The second-order valence-electron chi connectivity index (χ2n) is 10.2. The first-order valence-corrected chi connectivity index (χ1v) is 14.2. The van der Waals surface area contributed by atoms with Crippen LogP contribution >= 0.6 is 11.8 Å². The number of fused-ring (bicyclic) bond motifs is 7. The Balaban J connectivity index is 1.25. The van der Waals surface area contributed by atoms with Crippen molar-refractivity contribution in [2.24, 2.45) is 0 Å². The van der Waals surface area contributed by atoms with Crippen LogP contribution in [-0.4, -0.2) is 14.5 Å². The van der Waals surface area contributed by atoms with Gasteiger partial charge in [0.15, 0.2) is 5.82 Å². The van der Waals surface area contributed by atoms with Crippen LogP contribution < -0.4 is 0 Å².